The van der Waals surface area contributed by atoms with Crippen molar-refractivity contribution < 1.29 is 4.79 Å². The minimum atomic E-state index is 0.183. The fraction of sp³-hybridized carbons (Fsp3) is 0.235. The van der Waals surface area contributed by atoms with Crippen molar-refractivity contribution in [3.05, 3.63) is 68.1 Å². The van der Waals surface area contributed by atoms with E-state index in [1.807, 2.05) is 32.0 Å². The molecule has 3 heteroatoms. The lowest BCUT2D eigenvalue weighted by molar-refractivity contribution is -0.117. The van der Waals surface area contributed by atoms with Crippen molar-refractivity contribution in [2.75, 3.05) is 0 Å². The molecule has 0 aliphatic heterocycles. The molecule has 0 radical (unpaired) electrons. The lowest BCUT2D eigenvalue weighted by Crippen LogP contribution is -2.08. The fourth-order valence-electron chi connectivity index (χ4n) is 2.14. The molecule has 0 aliphatic carbocycles. The molecule has 2 aromatic rings. The largest absolute Gasteiger partial charge is 0.299 e. The van der Waals surface area contributed by atoms with Gasteiger partial charge in [-0.05, 0) is 42.7 Å². The summed E-state index contributed by atoms with van der Waals surface area (Å²) in [6, 6.07) is 11.8. The van der Waals surface area contributed by atoms with Crippen molar-refractivity contribution in [3.63, 3.8) is 0 Å². The number of Topliss-reactive ketones (excluding diaryl/α,β-unsaturated/α-hetero) is 1. The topological polar surface area (TPSA) is 17.1 Å². The summed E-state index contributed by atoms with van der Waals surface area (Å²) < 4.78 is 0.924. The Labute approximate surface area is 133 Å². The van der Waals surface area contributed by atoms with Crippen LogP contribution in [-0.4, -0.2) is 5.78 Å². The summed E-state index contributed by atoms with van der Waals surface area (Å²) in [5.74, 6) is 0.183. The number of rotatable bonds is 4. The molecule has 0 aromatic heterocycles. The van der Waals surface area contributed by atoms with E-state index in [0.717, 1.165) is 21.2 Å². The van der Waals surface area contributed by atoms with Gasteiger partial charge in [0.2, 0.25) is 0 Å². The van der Waals surface area contributed by atoms with Crippen LogP contribution in [0.15, 0.2) is 40.9 Å². The van der Waals surface area contributed by atoms with Gasteiger partial charge in [0.1, 0.15) is 5.78 Å². The van der Waals surface area contributed by atoms with Crippen LogP contribution in [0.3, 0.4) is 0 Å². The average molecular weight is 352 g/mol. The summed E-state index contributed by atoms with van der Waals surface area (Å²) in [7, 11) is 0. The molecule has 2 aromatic carbocycles. The van der Waals surface area contributed by atoms with E-state index in [2.05, 4.69) is 34.1 Å². The number of hydrogen-bond donors (Lipinski definition) is 0. The Kier molecular flexibility index (Phi) is 5.00. The maximum absolute atomic E-state index is 12.2. The van der Waals surface area contributed by atoms with Gasteiger partial charge < -0.3 is 0 Å². The molecule has 0 N–H and O–H groups in total. The second-order valence-electron chi connectivity index (χ2n) is 5.06. The van der Waals surface area contributed by atoms with E-state index < -0.39 is 0 Å². The summed E-state index contributed by atoms with van der Waals surface area (Å²) in [6.07, 6.45) is 0.833. The van der Waals surface area contributed by atoms with Crippen LogP contribution in [0, 0.1) is 13.8 Å². The zero-order valence-electron chi connectivity index (χ0n) is 11.5. The third-order valence-electron chi connectivity index (χ3n) is 3.29. The summed E-state index contributed by atoms with van der Waals surface area (Å²) in [5.41, 5.74) is 4.32. The van der Waals surface area contributed by atoms with Crippen LogP contribution >= 0.6 is 27.5 Å². The summed E-state index contributed by atoms with van der Waals surface area (Å²) in [5, 5.41) is 0.633. The third kappa shape index (κ3) is 3.94. The molecule has 0 saturated carbocycles. The number of benzene rings is 2. The zero-order chi connectivity index (χ0) is 14.7. The van der Waals surface area contributed by atoms with Crippen molar-refractivity contribution in [1.29, 1.82) is 0 Å². The van der Waals surface area contributed by atoms with Crippen molar-refractivity contribution in [1.82, 2.24) is 0 Å². The standard InChI is InChI=1S/C17H16BrClO/c1-11-3-4-12(2)14(7-11)9-16(20)8-13-5-6-15(18)10-17(13)19/h3-7,10H,8-9H2,1-2H3. The minimum Gasteiger partial charge on any atom is -0.299 e. The van der Waals surface area contributed by atoms with Gasteiger partial charge in [0.15, 0.2) is 0 Å². The molecule has 0 unspecified atom stereocenters. The van der Waals surface area contributed by atoms with Crippen LogP contribution in [0.25, 0.3) is 0 Å². The SMILES string of the molecule is Cc1ccc(C)c(CC(=O)Cc2ccc(Br)cc2Cl)c1. The Morgan fingerprint density at radius 2 is 1.75 bits per heavy atom. The Bertz CT molecular complexity index is 649. The highest BCUT2D eigenvalue weighted by Gasteiger charge is 2.10. The van der Waals surface area contributed by atoms with Crippen molar-refractivity contribution in [2.45, 2.75) is 26.7 Å². The van der Waals surface area contributed by atoms with Crippen LogP contribution in [-0.2, 0) is 17.6 Å². The van der Waals surface area contributed by atoms with E-state index >= 15 is 0 Å². The molecule has 0 fully saturated rings. The Balaban J connectivity index is 2.11. The molecule has 2 rings (SSSR count). The van der Waals surface area contributed by atoms with E-state index in [4.69, 9.17) is 11.6 Å². The molecule has 104 valence electrons. The highest BCUT2D eigenvalue weighted by molar-refractivity contribution is 9.10. The van der Waals surface area contributed by atoms with E-state index in [1.54, 1.807) is 0 Å². The fourth-order valence-corrected chi connectivity index (χ4v) is 2.88. The number of carbonyl (C=O) groups excluding carboxylic acids is 1. The number of hydrogen-bond acceptors (Lipinski definition) is 1. The lowest BCUT2D eigenvalue weighted by Gasteiger charge is -2.08. The molecule has 0 saturated heterocycles. The van der Waals surface area contributed by atoms with Crippen molar-refractivity contribution in [3.8, 4) is 0 Å². The van der Waals surface area contributed by atoms with Crippen LogP contribution < -0.4 is 0 Å². The van der Waals surface area contributed by atoms with Gasteiger partial charge in [0.05, 0.1) is 0 Å². The average Bonchev–Trinajstić information content (AvgIpc) is 2.37. The monoisotopic (exact) mass is 350 g/mol. The van der Waals surface area contributed by atoms with Gasteiger partial charge in [0, 0.05) is 22.3 Å². The Hall–Kier alpha value is -1.12. The number of aryl methyl sites for hydroxylation is 2. The van der Waals surface area contributed by atoms with Gasteiger partial charge in [0.25, 0.3) is 0 Å². The summed E-state index contributed by atoms with van der Waals surface area (Å²) in [6.45, 7) is 4.08. The predicted octanol–water partition coefficient (Wildman–Crippen LogP) is 5.07. The molecular formula is C17H16BrClO. The molecular weight excluding hydrogens is 336 g/mol. The second kappa shape index (κ2) is 6.55. The van der Waals surface area contributed by atoms with E-state index in [1.165, 1.54) is 5.56 Å². The first-order valence-corrected chi connectivity index (χ1v) is 7.64. The molecule has 0 aliphatic rings. The summed E-state index contributed by atoms with van der Waals surface area (Å²) in [4.78, 5) is 12.2. The van der Waals surface area contributed by atoms with E-state index in [0.29, 0.717) is 17.9 Å². The van der Waals surface area contributed by atoms with Gasteiger partial charge in [-0.1, -0.05) is 57.4 Å². The van der Waals surface area contributed by atoms with Crippen LogP contribution in [0.2, 0.25) is 5.02 Å². The molecule has 0 amide bonds. The molecule has 0 bridgehead atoms. The molecule has 0 spiro atoms. The lowest BCUT2D eigenvalue weighted by atomic mass is 9.98. The summed E-state index contributed by atoms with van der Waals surface area (Å²) >= 11 is 9.52. The maximum Gasteiger partial charge on any atom is 0.141 e. The number of carbonyl (C=O) groups is 1. The first-order valence-electron chi connectivity index (χ1n) is 6.47. The van der Waals surface area contributed by atoms with Gasteiger partial charge >= 0.3 is 0 Å². The molecule has 1 nitrogen and oxygen atoms in total. The van der Waals surface area contributed by atoms with Crippen LogP contribution in [0.5, 0.6) is 0 Å². The Morgan fingerprint density at radius 1 is 1.05 bits per heavy atom. The molecule has 0 heterocycles. The van der Waals surface area contributed by atoms with E-state index in [9.17, 15) is 4.79 Å². The number of halogens is 2. The first kappa shape index (κ1) is 15.3. The van der Waals surface area contributed by atoms with E-state index in [-0.39, 0.29) is 5.78 Å². The van der Waals surface area contributed by atoms with Crippen molar-refractivity contribution in [2.24, 2.45) is 0 Å². The van der Waals surface area contributed by atoms with Gasteiger partial charge in [-0.15, -0.1) is 0 Å². The highest BCUT2D eigenvalue weighted by Crippen LogP contribution is 2.22. The Morgan fingerprint density at radius 3 is 2.45 bits per heavy atom. The second-order valence-corrected chi connectivity index (χ2v) is 6.38. The smallest absolute Gasteiger partial charge is 0.141 e. The van der Waals surface area contributed by atoms with Crippen LogP contribution in [0.4, 0.5) is 0 Å². The van der Waals surface area contributed by atoms with Gasteiger partial charge in [-0.2, -0.15) is 0 Å². The normalized spacial score (nSPS) is 10.6. The third-order valence-corrected chi connectivity index (χ3v) is 4.14. The van der Waals surface area contributed by atoms with Gasteiger partial charge in [-0.25, -0.2) is 0 Å². The van der Waals surface area contributed by atoms with Gasteiger partial charge in [-0.3, -0.25) is 4.79 Å². The minimum absolute atomic E-state index is 0.183. The zero-order valence-corrected chi connectivity index (χ0v) is 13.9. The maximum atomic E-state index is 12.2. The number of ketones is 1. The highest BCUT2D eigenvalue weighted by atomic mass is 79.9. The first-order chi connectivity index (χ1) is 9.45. The predicted molar refractivity (Wildman–Crippen MR) is 87.5 cm³/mol. The quantitative estimate of drug-likeness (QED) is 0.751. The van der Waals surface area contributed by atoms with Crippen LogP contribution in [0.1, 0.15) is 22.3 Å². The molecule has 0 atom stereocenters. The van der Waals surface area contributed by atoms with Crippen molar-refractivity contribution >= 4 is 33.3 Å². The molecule has 20 heavy (non-hydrogen) atoms.